The van der Waals surface area contributed by atoms with Crippen molar-refractivity contribution in [2.75, 3.05) is 13.2 Å². The predicted octanol–water partition coefficient (Wildman–Crippen LogP) is 0.232. The Morgan fingerprint density at radius 2 is 2.12 bits per heavy atom. The Morgan fingerprint density at radius 1 is 1.44 bits per heavy atom. The third-order valence-corrected chi connectivity index (χ3v) is 2.04. The van der Waals surface area contributed by atoms with E-state index in [1.165, 1.54) is 0 Å². The Hall–Kier alpha value is -1.59. The van der Waals surface area contributed by atoms with E-state index in [1.54, 1.807) is 0 Å². The van der Waals surface area contributed by atoms with E-state index < -0.39 is 12.1 Å². The van der Waals surface area contributed by atoms with Gasteiger partial charge in [0.15, 0.2) is 0 Å². The first-order chi connectivity index (χ1) is 7.76. The molecule has 0 aliphatic carbocycles. The molecule has 0 heterocycles. The standard InChI is InChI=1S/C11H16N2O3/c12-6-10(7-14)13-11(15)16-8-9-4-2-1-3-5-9/h1-5,10,14H,6-8,12H2,(H,13,15)/t10-/m0/s1. The van der Waals surface area contributed by atoms with E-state index in [-0.39, 0.29) is 19.8 Å². The fourth-order valence-electron chi connectivity index (χ4n) is 1.11. The lowest BCUT2D eigenvalue weighted by Crippen LogP contribution is -2.42. The van der Waals surface area contributed by atoms with Crippen molar-refractivity contribution in [2.24, 2.45) is 5.73 Å². The topological polar surface area (TPSA) is 84.6 Å². The molecule has 0 saturated heterocycles. The van der Waals surface area contributed by atoms with Gasteiger partial charge in [0.2, 0.25) is 0 Å². The zero-order valence-corrected chi connectivity index (χ0v) is 8.93. The molecule has 0 spiro atoms. The fourth-order valence-corrected chi connectivity index (χ4v) is 1.11. The number of aliphatic hydroxyl groups excluding tert-OH is 1. The third-order valence-electron chi connectivity index (χ3n) is 2.04. The van der Waals surface area contributed by atoms with Crippen molar-refractivity contribution in [3.8, 4) is 0 Å². The van der Waals surface area contributed by atoms with Gasteiger partial charge in [-0.25, -0.2) is 4.79 Å². The summed E-state index contributed by atoms with van der Waals surface area (Å²) in [6.45, 7) is 0.184. The zero-order valence-electron chi connectivity index (χ0n) is 8.93. The van der Waals surface area contributed by atoms with Crippen LogP contribution in [0.15, 0.2) is 30.3 Å². The molecule has 0 bridgehead atoms. The number of amides is 1. The number of carbonyl (C=O) groups excluding carboxylic acids is 1. The maximum Gasteiger partial charge on any atom is 0.407 e. The van der Waals surface area contributed by atoms with Crippen LogP contribution < -0.4 is 11.1 Å². The Morgan fingerprint density at radius 3 is 2.69 bits per heavy atom. The van der Waals surface area contributed by atoms with Crippen LogP contribution in [0, 0.1) is 0 Å². The number of hydrogen-bond donors (Lipinski definition) is 3. The number of rotatable bonds is 5. The van der Waals surface area contributed by atoms with E-state index in [4.69, 9.17) is 15.6 Å². The molecule has 1 amide bonds. The first-order valence-electron chi connectivity index (χ1n) is 5.04. The maximum absolute atomic E-state index is 11.2. The molecule has 0 aliphatic rings. The molecule has 5 nitrogen and oxygen atoms in total. The summed E-state index contributed by atoms with van der Waals surface area (Å²) in [5.41, 5.74) is 6.22. The second kappa shape index (κ2) is 6.81. The minimum absolute atomic E-state index is 0.178. The first-order valence-corrected chi connectivity index (χ1v) is 5.04. The molecule has 0 saturated carbocycles. The van der Waals surface area contributed by atoms with Crippen molar-refractivity contribution >= 4 is 6.09 Å². The molecule has 1 rings (SSSR count). The summed E-state index contributed by atoms with van der Waals surface area (Å²) in [7, 11) is 0. The quantitative estimate of drug-likeness (QED) is 0.668. The highest BCUT2D eigenvalue weighted by Crippen LogP contribution is 2.00. The summed E-state index contributed by atoms with van der Waals surface area (Å²) >= 11 is 0. The normalized spacial score (nSPS) is 11.9. The summed E-state index contributed by atoms with van der Waals surface area (Å²) in [5, 5.41) is 11.3. The Kier molecular flexibility index (Phi) is 5.31. The summed E-state index contributed by atoms with van der Waals surface area (Å²) in [4.78, 5) is 11.2. The molecule has 1 aromatic carbocycles. The minimum Gasteiger partial charge on any atom is -0.445 e. The van der Waals surface area contributed by atoms with E-state index in [0.717, 1.165) is 5.56 Å². The molecule has 88 valence electrons. The van der Waals surface area contributed by atoms with Gasteiger partial charge in [0.05, 0.1) is 12.6 Å². The van der Waals surface area contributed by atoms with Gasteiger partial charge in [-0.3, -0.25) is 0 Å². The van der Waals surface area contributed by atoms with Crippen LogP contribution in [0.1, 0.15) is 5.56 Å². The van der Waals surface area contributed by atoms with E-state index >= 15 is 0 Å². The first kappa shape index (κ1) is 12.5. The van der Waals surface area contributed by atoms with Crippen LogP contribution in [0.3, 0.4) is 0 Å². The van der Waals surface area contributed by atoms with Gasteiger partial charge in [0, 0.05) is 6.54 Å². The largest absolute Gasteiger partial charge is 0.445 e. The monoisotopic (exact) mass is 224 g/mol. The van der Waals surface area contributed by atoms with Gasteiger partial charge in [0.1, 0.15) is 6.61 Å². The number of ether oxygens (including phenoxy) is 1. The van der Waals surface area contributed by atoms with E-state index in [2.05, 4.69) is 5.32 Å². The van der Waals surface area contributed by atoms with Gasteiger partial charge >= 0.3 is 6.09 Å². The molecule has 5 heteroatoms. The van der Waals surface area contributed by atoms with E-state index in [9.17, 15) is 4.79 Å². The fraction of sp³-hybridized carbons (Fsp3) is 0.364. The number of benzene rings is 1. The summed E-state index contributed by atoms with van der Waals surface area (Å²) in [6, 6.07) is 8.89. The highest BCUT2D eigenvalue weighted by molar-refractivity contribution is 5.67. The average molecular weight is 224 g/mol. The molecule has 0 fully saturated rings. The van der Waals surface area contributed by atoms with Crippen LogP contribution in [0.4, 0.5) is 4.79 Å². The predicted molar refractivity (Wildman–Crippen MR) is 59.7 cm³/mol. The second-order valence-electron chi connectivity index (χ2n) is 3.32. The maximum atomic E-state index is 11.2. The summed E-state index contributed by atoms with van der Waals surface area (Å²) in [5.74, 6) is 0. The minimum atomic E-state index is -0.576. The number of alkyl carbamates (subject to hydrolysis) is 1. The van der Waals surface area contributed by atoms with E-state index in [1.807, 2.05) is 30.3 Å². The van der Waals surface area contributed by atoms with Crippen LogP contribution >= 0.6 is 0 Å². The molecule has 0 unspecified atom stereocenters. The molecule has 0 aliphatic heterocycles. The van der Waals surface area contributed by atoms with Gasteiger partial charge in [0.25, 0.3) is 0 Å². The van der Waals surface area contributed by atoms with Crippen LogP contribution in [0.5, 0.6) is 0 Å². The number of hydrogen-bond acceptors (Lipinski definition) is 4. The molecular weight excluding hydrogens is 208 g/mol. The highest BCUT2D eigenvalue weighted by atomic mass is 16.5. The van der Waals surface area contributed by atoms with Crippen molar-refractivity contribution in [1.29, 1.82) is 0 Å². The van der Waals surface area contributed by atoms with Crippen molar-refractivity contribution < 1.29 is 14.6 Å². The molecule has 0 aromatic heterocycles. The van der Waals surface area contributed by atoms with Gasteiger partial charge in [-0.1, -0.05) is 30.3 Å². The molecule has 0 radical (unpaired) electrons. The number of carbonyl (C=O) groups is 1. The van der Waals surface area contributed by atoms with Gasteiger partial charge in [-0.05, 0) is 5.56 Å². The van der Waals surface area contributed by atoms with Crippen molar-refractivity contribution in [2.45, 2.75) is 12.6 Å². The summed E-state index contributed by atoms with van der Waals surface area (Å²) < 4.78 is 4.95. The van der Waals surface area contributed by atoms with Gasteiger partial charge in [-0.2, -0.15) is 0 Å². The van der Waals surface area contributed by atoms with Crippen LogP contribution in [-0.2, 0) is 11.3 Å². The lowest BCUT2D eigenvalue weighted by Gasteiger charge is -2.13. The molecular formula is C11H16N2O3. The van der Waals surface area contributed by atoms with Crippen molar-refractivity contribution in [3.05, 3.63) is 35.9 Å². The van der Waals surface area contributed by atoms with Crippen LogP contribution in [0.25, 0.3) is 0 Å². The Balaban J connectivity index is 2.30. The molecule has 16 heavy (non-hydrogen) atoms. The zero-order chi connectivity index (χ0) is 11.8. The van der Waals surface area contributed by atoms with Gasteiger partial charge in [-0.15, -0.1) is 0 Å². The molecule has 4 N–H and O–H groups in total. The SMILES string of the molecule is NC[C@@H](CO)NC(=O)OCc1ccccc1. The lowest BCUT2D eigenvalue weighted by molar-refractivity contribution is 0.130. The van der Waals surface area contributed by atoms with E-state index in [0.29, 0.717) is 0 Å². The van der Waals surface area contributed by atoms with Crippen molar-refractivity contribution in [3.63, 3.8) is 0 Å². The van der Waals surface area contributed by atoms with Crippen LogP contribution in [0.2, 0.25) is 0 Å². The molecule has 1 aromatic rings. The van der Waals surface area contributed by atoms with Gasteiger partial charge < -0.3 is 20.9 Å². The average Bonchev–Trinajstić information content (AvgIpc) is 2.34. The number of aliphatic hydroxyl groups is 1. The lowest BCUT2D eigenvalue weighted by atomic mass is 10.2. The summed E-state index contributed by atoms with van der Waals surface area (Å²) in [6.07, 6.45) is -0.576. The Bertz CT molecular complexity index is 312. The highest BCUT2D eigenvalue weighted by Gasteiger charge is 2.09. The second-order valence-corrected chi connectivity index (χ2v) is 3.32. The number of nitrogens with one attached hydrogen (secondary N) is 1. The number of nitrogens with two attached hydrogens (primary N) is 1. The Labute approximate surface area is 94.2 Å². The van der Waals surface area contributed by atoms with Crippen molar-refractivity contribution in [1.82, 2.24) is 5.32 Å². The van der Waals surface area contributed by atoms with Crippen LogP contribution in [-0.4, -0.2) is 30.4 Å². The smallest absolute Gasteiger partial charge is 0.407 e. The molecule has 1 atom stereocenters. The third kappa shape index (κ3) is 4.29.